The predicted molar refractivity (Wildman–Crippen MR) is 66.3 cm³/mol. The molecule has 0 aliphatic heterocycles. The second kappa shape index (κ2) is 14.2. The Balaban J connectivity index is 0. The Labute approximate surface area is 94.9 Å². The van der Waals surface area contributed by atoms with E-state index in [2.05, 4.69) is 20.8 Å². The molecule has 0 saturated carbocycles. The molecule has 3 nitrogen and oxygen atoms in total. The van der Waals surface area contributed by atoms with Gasteiger partial charge in [0.1, 0.15) is 0 Å². The van der Waals surface area contributed by atoms with E-state index in [0.717, 1.165) is 5.92 Å². The first-order valence-corrected chi connectivity index (χ1v) is 7.30. The molecular weight excluding hydrogens is 211 g/mol. The summed E-state index contributed by atoms with van der Waals surface area (Å²) in [5, 5.41) is 0. The highest BCUT2D eigenvalue weighted by Crippen LogP contribution is 2.16. The largest absolute Gasteiger partial charge is 0.326 e. The second-order valence-corrected chi connectivity index (χ2v) is 4.38. The maximum atomic E-state index is 8.74. The van der Waals surface area contributed by atoms with Gasteiger partial charge in [0.05, 0.1) is 0 Å². The van der Waals surface area contributed by atoms with Crippen LogP contribution in [0.4, 0.5) is 0 Å². The Kier molecular flexibility index (Phi) is 16.5. The van der Waals surface area contributed by atoms with Crippen LogP contribution in [0, 0.1) is 5.92 Å². The van der Waals surface area contributed by atoms with E-state index in [1.54, 1.807) is 0 Å². The quantitative estimate of drug-likeness (QED) is 0.524. The van der Waals surface area contributed by atoms with E-state index in [1.807, 2.05) is 0 Å². The average molecular weight is 238 g/mol. The SMILES string of the molecule is CCCCCCC(CC)CC.O=[PH](O)O. The summed E-state index contributed by atoms with van der Waals surface area (Å²) in [7, 11) is -3.13. The number of unbranched alkanes of at least 4 members (excludes halogenated alkanes) is 3. The van der Waals surface area contributed by atoms with Crippen LogP contribution in [-0.4, -0.2) is 9.79 Å². The van der Waals surface area contributed by atoms with E-state index in [4.69, 9.17) is 14.4 Å². The highest BCUT2D eigenvalue weighted by atomic mass is 31.1. The summed E-state index contributed by atoms with van der Waals surface area (Å²) in [6.45, 7) is 6.90. The molecule has 0 aromatic heterocycles. The maximum Gasteiger partial charge on any atom is 0.314 e. The third kappa shape index (κ3) is 20.3. The van der Waals surface area contributed by atoms with Gasteiger partial charge in [0.2, 0.25) is 0 Å². The average Bonchev–Trinajstić information content (AvgIpc) is 2.17. The zero-order chi connectivity index (χ0) is 12.1. The van der Waals surface area contributed by atoms with Gasteiger partial charge in [-0.1, -0.05) is 65.7 Å². The van der Waals surface area contributed by atoms with Crippen molar-refractivity contribution in [2.45, 2.75) is 65.7 Å². The summed E-state index contributed by atoms with van der Waals surface area (Å²) in [6.07, 6.45) is 9.93. The lowest BCUT2D eigenvalue weighted by Crippen LogP contribution is -1.95. The molecule has 0 spiro atoms. The van der Waals surface area contributed by atoms with Crippen molar-refractivity contribution in [1.29, 1.82) is 0 Å². The van der Waals surface area contributed by atoms with Crippen molar-refractivity contribution < 1.29 is 14.4 Å². The van der Waals surface area contributed by atoms with Crippen molar-refractivity contribution in [3.05, 3.63) is 0 Å². The fourth-order valence-electron chi connectivity index (χ4n) is 1.56. The van der Waals surface area contributed by atoms with Gasteiger partial charge >= 0.3 is 8.25 Å². The van der Waals surface area contributed by atoms with Crippen LogP contribution in [0.1, 0.15) is 65.7 Å². The first-order chi connectivity index (χ1) is 7.08. The molecule has 0 radical (unpaired) electrons. The van der Waals surface area contributed by atoms with Crippen molar-refractivity contribution >= 4 is 8.25 Å². The van der Waals surface area contributed by atoms with Crippen LogP contribution in [0.15, 0.2) is 0 Å². The molecule has 0 heterocycles. The van der Waals surface area contributed by atoms with Gasteiger partial charge in [-0.05, 0) is 5.92 Å². The topological polar surface area (TPSA) is 57.5 Å². The molecule has 0 fully saturated rings. The van der Waals surface area contributed by atoms with Crippen LogP contribution >= 0.6 is 8.25 Å². The lowest BCUT2D eigenvalue weighted by molar-refractivity contribution is 0.405. The van der Waals surface area contributed by atoms with Crippen molar-refractivity contribution in [1.82, 2.24) is 0 Å². The molecule has 0 atom stereocenters. The van der Waals surface area contributed by atoms with Gasteiger partial charge in [-0.15, -0.1) is 0 Å². The molecule has 0 aliphatic rings. The minimum Gasteiger partial charge on any atom is -0.326 e. The van der Waals surface area contributed by atoms with Crippen LogP contribution in [0.5, 0.6) is 0 Å². The number of hydrogen-bond acceptors (Lipinski definition) is 1. The molecule has 0 aliphatic carbocycles. The third-order valence-corrected chi connectivity index (χ3v) is 2.62. The molecule has 15 heavy (non-hydrogen) atoms. The van der Waals surface area contributed by atoms with Gasteiger partial charge in [0.25, 0.3) is 0 Å². The molecule has 0 rings (SSSR count). The summed E-state index contributed by atoms with van der Waals surface area (Å²) >= 11 is 0. The summed E-state index contributed by atoms with van der Waals surface area (Å²) in [6, 6.07) is 0. The molecule has 0 bridgehead atoms. The molecule has 2 N–H and O–H groups in total. The van der Waals surface area contributed by atoms with Gasteiger partial charge in [-0.3, -0.25) is 4.57 Å². The fraction of sp³-hybridized carbons (Fsp3) is 1.00. The van der Waals surface area contributed by atoms with Gasteiger partial charge in [0, 0.05) is 0 Å². The summed E-state index contributed by atoms with van der Waals surface area (Å²) in [5.74, 6) is 1.01. The van der Waals surface area contributed by atoms with Crippen molar-refractivity contribution in [3.63, 3.8) is 0 Å². The minimum atomic E-state index is -3.13. The number of rotatable bonds is 7. The smallest absolute Gasteiger partial charge is 0.314 e. The lowest BCUT2D eigenvalue weighted by atomic mass is 9.96. The molecule has 0 unspecified atom stereocenters. The highest BCUT2D eigenvalue weighted by molar-refractivity contribution is 7.30. The van der Waals surface area contributed by atoms with Gasteiger partial charge in [-0.2, -0.15) is 0 Å². The third-order valence-electron chi connectivity index (χ3n) is 2.62. The van der Waals surface area contributed by atoms with Crippen molar-refractivity contribution in [2.75, 3.05) is 0 Å². The van der Waals surface area contributed by atoms with Crippen LogP contribution < -0.4 is 0 Å². The predicted octanol–water partition coefficient (Wildman–Crippen LogP) is 3.75. The van der Waals surface area contributed by atoms with Gasteiger partial charge in [-0.25, -0.2) is 0 Å². The zero-order valence-corrected chi connectivity index (χ0v) is 11.3. The summed E-state index contributed by atoms with van der Waals surface area (Å²) in [5.41, 5.74) is 0. The number of hydrogen-bond donors (Lipinski definition) is 2. The van der Waals surface area contributed by atoms with Crippen LogP contribution in [0.3, 0.4) is 0 Å². The van der Waals surface area contributed by atoms with Crippen LogP contribution in [0.25, 0.3) is 0 Å². The Morgan fingerprint density at radius 1 is 1.00 bits per heavy atom. The molecule has 0 saturated heterocycles. The summed E-state index contributed by atoms with van der Waals surface area (Å²) in [4.78, 5) is 14.3. The monoisotopic (exact) mass is 238 g/mol. The highest BCUT2D eigenvalue weighted by Gasteiger charge is 2.01. The standard InChI is InChI=1S/C11H24.H3O3P/c1-4-7-8-9-10-11(5-2)6-3;1-4(2)3/h11H,4-10H2,1-3H3;4H,(H2,1,2,3). The Morgan fingerprint density at radius 2 is 1.47 bits per heavy atom. The Bertz CT molecular complexity index is 132. The first-order valence-electron chi connectivity index (χ1n) is 6.00. The molecule has 0 amide bonds. The second-order valence-electron chi connectivity index (χ2n) is 3.81. The van der Waals surface area contributed by atoms with Crippen LogP contribution in [-0.2, 0) is 4.57 Å². The molecule has 0 aromatic rings. The van der Waals surface area contributed by atoms with Gasteiger partial charge < -0.3 is 9.79 Å². The Hall–Kier alpha value is 0.150. The normalized spacial score (nSPS) is 10.3. The summed E-state index contributed by atoms with van der Waals surface area (Å²) < 4.78 is 8.74. The van der Waals surface area contributed by atoms with E-state index in [1.165, 1.54) is 44.9 Å². The van der Waals surface area contributed by atoms with Crippen LogP contribution in [0.2, 0.25) is 0 Å². The van der Waals surface area contributed by atoms with E-state index in [-0.39, 0.29) is 0 Å². The zero-order valence-electron chi connectivity index (χ0n) is 10.3. The minimum absolute atomic E-state index is 1.01. The van der Waals surface area contributed by atoms with Gasteiger partial charge in [0.15, 0.2) is 0 Å². The molecule has 0 aromatic carbocycles. The lowest BCUT2D eigenvalue weighted by Gasteiger charge is -2.10. The van der Waals surface area contributed by atoms with E-state index >= 15 is 0 Å². The van der Waals surface area contributed by atoms with E-state index in [0.29, 0.717) is 0 Å². The fourth-order valence-corrected chi connectivity index (χ4v) is 1.56. The Morgan fingerprint density at radius 3 is 1.80 bits per heavy atom. The van der Waals surface area contributed by atoms with Crippen molar-refractivity contribution in [2.24, 2.45) is 5.92 Å². The molecule has 94 valence electrons. The van der Waals surface area contributed by atoms with E-state index in [9.17, 15) is 0 Å². The van der Waals surface area contributed by atoms with E-state index < -0.39 is 8.25 Å². The molecule has 4 heteroatoms. The maximum absolute atomic E-state index is 8.74. The van der Waals surface area contributed by atoms with Crippen molar-refractivity contribution in [3.8, 4) is 0 Å². The molecular formula is C11H27O3P. The first kappa shape index (κ1) is 17.5.